The number of rotatable bonds is 4. The maximum Gasteiger partial charge on any atom is 0.185 e. The number of halogens is 2. The molecule has 28 heavy (non-hydrogen) atoms. The molecule has 7 heteroatoms. The van der Waals surface area contributed by atoms with E-state index in [4.69, 9.17) is 17.3 Å². The zero-order valence-electron chi connectivity index (χ0n) is 15.3. The fraction of sp³-hybridized carbons (Fsp3) is 0.286. The number of fused-ring (bicyclic) bond motifs is 1. The maximum absolute atomic E-state index is 14.8. The van der Waals surface area contributed by atoms with Gasteiger partial charge in [-0.2, -0.15) is 0 Å². The molecule has 2 heterocycles. The average molecular weight is 416 g/mol. The highest BCUT2D eigenvalue weighted by Crippen LogP contribution is 2.51. The minimum absolute atomic E-state index is 0.100. The van der Waals surface area contributed by atoms with Gasteiger partial charge in [0.05, 0.1) is 10.6 Å². The Morgan fingerprint density at radius 3 is 2.96 bits per heavy atom. The summed E-state index contributed by atoms with van der Waals surface area (Å²) in [7, 11) is 0. The van der Waals surface area contributed by atoms with Crippen LogP contribution in [0.4, 0.5) is 4.39 Å². The number of carbonyl (C=O) groups is 1. The van der Waals surface area contributed by atoms with Crippen molar-refractivity contribution in [1.29, 1.82) is 0 Å². The Kier molecular flexibility index (Phi) is 5.02. The second-order valence-corrected chi connectivity index (χ2v) is 8.74. The number of ketones is 1. The average Bonchev–Trinajstić information content (AvgIpc) is 3.13. The Morgan fingerprint density at radius 1 is 1.39 bits per heavy atom. The van der Waals surface area contributed by atoms with Crippen LogP contribution in [0.2, 0.25) is 5.02 Å². The predicted octanol–water partition coefficient (Wildman–Crippen LogP) is 4.87. The fourth-order valence-corrected chi connectivity index (χ4v) is 5.21. The Morgan fingerprint density at radius 2 is 2.21 bits per heavy atom. The van der Waals surface area contributed by atoms with Crippen LogP contribution < -0.4 is 5.73 Å². The molecule has 1 aliphatic heterocycles. The first-order valence-electron chi connectivity index (χ1n) is 9.04. The summed E-state index contributed by atoms with van der Waals surface area (Å²) in [6.45, 7) is 1.92. The van der Waals surface area contributed by atoms with Crippen LogP contribution in [0, 0.1) is 11.7 Å². The summed E-state index contributed by atoms with van der Waals surface area (Å²) in [5.74, 6) is -0.385. The van der Waals surface area contributed by atoms with Crippen molar-refractivity contribution in [3.05, 3.63) is 75.2 Å². The van der Waals surface area contributed by atoms with Crippen molar-refractivity contribution in [3.8, 4) is 0 Å². The van der Waals surface area contributed by atoms with Crippen molar-refractivity contribution in [2.75, 3.05) is 0 Å². The molecule has 1 aromatic carbocycles. The molecular formula is C21H19ClFN3OS. The van der Waals surface area contributed by atoms with Crippen LogP contribution in [-0.4, -0.2) is 15.9 Å². The zero-order chi connectivity index (χ0) is 19.9. The van der Waals surface area contributed by atoms with Gasteiger partial charge in [0.15, 0.2) is 11.0 Å². The Bertz CT molecular complexity index is 1010. The molecule has 4 nitrogen and oxygen atoms in total. The molecule has 0 amide bonds. The molecule has 4 rings (SSSR count). The van der Waals surface area contributed by atoms with Crippen molar-refractivity contribution >= 4 is 34.3 Å². The van der Waals surface area contributed by atoms with Gasteiger partial charge in [-0.1, -0.05) is 35.5 Å². The standard InChI is InChI=1S/C21H19ClFN3OS/c1-21(14-3-2-4-19(14)28-20(24)26-21)15-9-12(5-7-16(15)23)10-18(27)17-8-6-13(22)11-25-17/h4-9,11,14H,2-3,10H2,1H3,(H2,24,26)/t14?,21-/m0/s1. The van der Waals surface area contributed by atoms with Crippen molar-refractivity contribution in [1.82, 2.24) is 4.98 Å². The third kappa shape index (κ3) is 3.47. The van der Waals surface area contributed by atoms with E-state index in [1.54, 1.807) is 24.3 Å². The van der Waals surface area contributed by atoms with Crippen molar-refractivity contribution < 1.29 is 9.18 Å². The number of hydrogen-bond acceptors (Lipinski definition) is 5. The van der Waals surface area contributed by atoms with Crippen LogP contribution in [0.1, 0.15) is 41.4 Å². The monoisotopic (exact) mass is 415 g/mol. The van der Waals surface area contributed by atoms with E-state index < -0.39 is 5.54 Å². The molecule has 0 bridgehead atoms. The molecule has 2 aliphatic rings. The van der Waals surface area contributed by atoms with E-state index in [2.05, 4.69) is 16.1 Å². The van der Waals surface area contributed by atoms with Crippen LogP contribution in [0.15, 0.2) is 52.5 Å². The van der Waals surface area contributed by atoms with Crippen LogP contribution in [0.5, 0.6) is 0 Å². The summed E-state index contributed by atoms with van der Waals surface area (Å²) in [6, 6.07) is 8.00. The lowest BCUT2D eigenvalue weighted by Gasteiger charge is -2.37. The van der Waals surface area contributed by atoms with Crippen LogP contribution in [-0.2, 0) is 12.0 Å². The smallest absolute Gasteiger partial charge is 0.185 e. The Hall–Kier alpha value is -2.18. The molecule has 1 aromatic heterocycles. The van der Waals surface area contributed by atoms with Gasteiger partial charge in [0.25, 0.3) is 0 Å². The molecular weight excluding hydrogens is 397 g/mol. The van der Waals surface area contributed by atoms with Gasteiger partial charge in [-0.05, 0) is 54.5 Å². The van der Waals surface area contributed by atoms with Gasteiger partial charge in [0, 0.05) is 24.1 Å². The molecule has 2 aromatic rings. The highest BCUT2D eigenvalue weighted by molar-refractivity contribution is 8.17. The largest absolute Gasteiger partial charge is 0.378 e. The van der Waals surface area contributed by atoms with E-state index in [0.717, 1.165) is 23.3 Å². The quantitative estimate of drug-likeness (QED) is 0.723. The molecule has 1 aliphatic carbocycles. The number of Topliss-reactive ketones (excluding diaryl/α,β-unsaturated/α-hetero) is 1. The lowest BCUT2D eigenvalue weighted by atomic mass is 9.78. The van der Waals surface area contributed by atoms with Crippen molar-refractivity contribution in [2.45, 2.75) is 31.7 Å². The molecule has 2 N–H and O–H groups in total. The normalized spacial score (nSPS) is 23.8. The van der Waals surface area contributed by atoms with E-state index in [-0.39, 0.29) is 23.9 Å². The summed E-state index contributed by atoms with van der Waals surface area (Å²) < 4.78 is 14.8. The molecule has 0 spiro atoms. The SMILES string of the molecule is C[C@]1(c2cc(CC(=O)c3ccc(Cl)cn3)ccc2F)N=C(N)SC2=CCCC21. The van der Waals surface area contributed by atoms with E-state index in [1.807, 2.05) is 6.92 Å². The summed E-state index contributed by atoms with van der Waals surface area (Å²) in [5.41, 5.74) is 6.78. The van der Waals surface area contributed by atoms with Gasteiger partial charge >= 0.3 is 0 Å². The number of aliphatic imine (C=N–C) groups is 1. The Balaban J connectivity index is 1.67. The van der Waals surface area contributed by atoms with Gasteiger partial charge in [0.1, 0.15) is 11.5 Å². The van der Waals surface area contributed by atoms with Crippen LogP contribution >= 0.6 is 23.4 Å². The lowest BCUT2D eigenvalue weighted by Crippen LogP contribution is -2.36. The molecule has 0 saturated carbocycles. The number of nitrogens with zero attached hydrogens (tertiary/aromatic N) is 2. The third-order valence-corrected chi connectivity index (χ3v) is 6.55. The number of nitrogens with two attached hydrogens (primary N) is 1. The van der Waals surface area contributed by atoms with Gasteiger partial charge in [-0.3, -0.25) is 14.8 Å². The van der Waals surface area contributed by atoms with Crippen LogP contribution in [0.3, 0.4) is 0 Å². The van der Waals surface area contributed by atoms with Gasteiger partial charge < -0.3 is 5.73 Å². The molecule has 0 fully saturated rings. The van der Waals surface area contributed by atoms with E-state index in [9.17, 15) is 9.18 Å². The maximum atomic E-state index is 14.8. The van der Waals surface area contributed by atoms with E-state index in [1.165, 1.54) is 24.0 Å². The number of benzene rings is 1. The van der Waals surface area contributed by atoms with Crippen molar-refractivity contribution in [2.24, 2.45) is 16.6 Å². The fourth-order valence-electron chi connectivity index (χ4n) is 3.93. The zero-order valence-corrected chi connectivity index (χ0v) is 16.9. The van der Waals surface area contributed by atoms with Gasteiger partial charge in [0.2, 0.25) is 0 Å². The first kappa shape index (κ1) is 19.2. The molecule has 2 atom stereocenters. The van der Waals surface area contributed by atoms with Crippen LogP contribution in [0.25, 0.3) is 0 Å². The second-order valence-electron chi connectivity index (χ2n) is 7.21. The second kappa shape index (κ2) is 7.33. The number of amidine groups is 1. The summed E-state index contributed by atoms with van der Waals surface area (Å²) in [6.07, 6.45) is 5.57. The number of pyridine rings is 1. The Labute approximate surface area is 172 Å². The number of allylic oxidation sites excluding steroid dienone is 1. The summed E-state index contributed by atoms with van der Waals surface area (Å²) in [4.78, 5) is 22.4. The first-order chi connectivity index (χ1) is 13.4. The van der Waals surface area contributed by atoms with E-state index in [0.29, 0.717) is 21.4 Å². The molecule has 0 radical (unpaired) electrons. The molecule has 144 valence electrons. The molecule has 0 saturated heterocycles. The predicted molar refractivity (Wildman–Crippen MR) is 111 cm³/mol. The topological polar surface area (TPSA) is 68.3 Å². The third-order valence-electron chi connectivity index (χ3n) is 5.34. The number of aromatic nitrogens is 1. The summed E-state index contributed by atoms with van der Waals surface area (Å²) in [5, 5.41) is 0.915. The number of hydrogen-bond donors (Lipinski definition) is 1. The minimum atomic E-state index is -0.778. The number of thioether (sulfide) groups is 1. The summed E-state index contributed by atoms with van der Waals surface area (Å²) >= 11 is 7.29. The lowest BCUT2D eigenvalue weighted by molar-refractivity contribution is 0.0988. The molecule has 1 unspecified atom stereocenters. The minimum Gasteiger partial charge on any atom is -0.378 e. The highest BCUT2D eigenvalue weighted by atomic mass is 35.5. The van der Waals surface area contributed by atoms with Crippen molar-refractivity contribution in [3.63, 3.8) is 0 Å². The van der Waals surface area contributed by atoms with E-state index >= 15 is 0 Å². The van der Waals surface area contributed by atoms with Gasteiger partial charge in [-0.25, -0.2) is 4.39 Å². The highest BCUT2D eigenvalue weighted by Gasteiger charge is 2.44. The number of carbonyl (C=O) groups excluding carboxylic acids is 1. The van der Waals surface area contributed by atoms with Gasteiger partial charge in [-0.15, -0.1) is 0 Å². The first-order valence-corrected chi connectivity index (χ1v) is 10.2.